The van der Waals surface area contributed by atoms with Gasteiger partial charge in [0.2, 0.25) is 0 Å². The minimum Gasteiger partial charge on any atom is -0.309 e. The van der Waals surface area contributed by atoms with Crippen LogP contribution in [-0.2, 0) is 6.54 Å². The highest BCUT2D eigenvalue weighted by atomic mass is 35.5. The van der Waals surface area contributed by atoms with E-state index in [0.29, 0.717) is 11.2 Å². The number of thiophene rings is 2. The summed E-state index contributed by atoms with van der Waals surface area (Å²) in [6.45, 7) is 2.79. The van der Waals surface area contributed by atoms with Crippen LogP contribution < -0.4 is 5.56 Å². The van der Waals surface area contributed by atoms with Crippen molar-refractivity contribution in [2.75, 3.05) is 7.05 Å². The van der Waals surface area contributed by atoms with Crippen LogP contribution in [0.5, 0.6) is 0 Å². The van der Waals surface area contributed by atoms with Gasteiger partial charge in [0.05, 0.1) is 11.4 Å². The smallest absolute Gasteiger partial charge is 0.260 e. The van der Waals surface area contributed by atoms with Crippen LogP contribution >= 0.6 is 34.3 Å². The molecule has 7 heteroatoms. The van der Waals surface area contributed by atoms with Gasteiger partial charge < -0.3 is 4.98 Å². The zero-order valence-electron chi connectivity index (χ0n) is 14.9. The van der Waals surface area contributed by atoms with Gasteiger partial charge in [-0.3, -0.25) is 9.69 Å². The molecule has 0 amide bonds. The molecule has 0 saturated heterocycles. The van der Waals surface area contributed by atoms with E-state index in [1.165, 1.54) is 11.3 Å². The molecule has 3 heterocycles. The molecule has 0 bridgehead atoms. The first-order valence-electron chi connectivity index (χ1n) is 8.53. The summed E-state index contributed by atoms with van der Waals surface area (Å²) in [5.41, 5.74) is 2.05. The van der Waals surface area contributed by atoms with Crippen molar-refractivity contribution >= 4 is 44.5 Å². The predicted octanol–water partition coefficient (Wildman–Crippen LogP) is 5.56. The summed E-state index contributed by atoms with van der Waals surface area (Å²) in [5, 5.41) is 5.44. The SMILES string of the molecule is C[C@H](c1nc2scc(-c3cccs3)c2c(=O)[nH]1)N(C)Cc1ccc(Cl)cc1. The Balaban J connectivity index is 1.63. The number of nitrogens with one attached hydrogen (secondary N) is 1. The summed E-state index contributed by atoms with van der Waals surface area (Å²) in [6.07, 6.45) is 0. The Hall–Kier alpha value is -1.99. The van der Waals surface area contributed by atoms with Crippen LogP contribution in [0, 0.1) is 0 Å². The second kappa shape index (κ2) is 7.56. The Kier molecular flexibility index (Phi) is 5.14. The second-order valence-electron chi connectivity index (χ2n) is 6.48. The molecule has 4 aromatic rings. The van der Waals surface area contributed by atoms with Gasteiger partial charge in [0.25, 0.3) is 5.56 Å². The molecule has 4 rings (SSSR count). The Labute approximate surface area is 170 Å². The molecular weight excluding hydrogens is 398 g/mol. The Morgan fingerprint density at radius 2 is 2.00 bits per heavy atom. The van der Waals surface area contributed by atoms with Gasteiger partial charge in [-0.05, 0) is 43.1 Å². The maximum atomic E-state index is 12.8. The molecule has 0 aliphatic carbocycles. The van der Waals surface area contributed by atoms with Crippen molar-refractivity contribution in [3.05, 3.63) is 73.9 Å². The molecule has 27 heavy (non-hydrogen) atoms. The number of aromatic amines is 1. The number of fused-ring (bicyclic) bond motifs is 1. The van der Waals surface area contributed by atoms with E-state index in [1.807, 2.05) is 61.1 Å². The van der Waals surface area contributed by atoms with E-state index in [2.05, 4.69) is 9.88 Å². The van der Waals surface area contributed by atoms with Gasteiger partial charge in [0, 0.05) is 27.4 Å². The van der Waals surface area contributed by atoms with Crippen LogP contribution in [0.4, 0.5) is 0 Å². The van der Waals surface area contributed by atoms with Crippen molar-refractivity contribution in [3.8, 4) is 10.4 Å². The van der Waals surface area contributed by atoms with Crippen LogP contribution in [-0.4, -0.2) is 21.9 Å². The zero-order chi connectivity index (χ0) is 19.0. The van der Waals surface area contributed by atoms with Crippen LogP contribution in [0.15, 0.2) is 52.0 Å². The molecule has 3 aromatic heterocycles. The van der Waals surface area contributed by atoms with Crippen molar-refractivity contribution in [1.29, 1.82) is 0 Å². The summed E-state index contributed by atoms with van der Waals surface area (Å²) in [6, 6.07) is 11.8. The quantitative estimate of drug-likeness (QED) is 0.464. The second-order valence-corrected chi connectivity index (χ2v) is 8.72. The van der Waals surface area contributed by atoms with E-state index < -0.39 is 0 Å². The van der Waals surface area contributed by atoms with Crippen molar-refractivity contribution in [2.24, 2.45) is 0 Å². The number of hydrogen-bond donors (Lipinski definition) is 1. The summed E-state index contributed by atoms with van der Waals surface area (Å²) >= 11 is 9.10. The van der Waals surface area contributed by atoms with Crippen LogP contribution in [0.25, 0.3) is 20.7 Å². The highest BCUT2D eigenvalue weighted by molar-refractivity contribution is 7.18. The molecule has 0 spiro atoms. The Bertz CT molecular complexity index is 1120. The first kappa shape index (κ1) is 18.4. The van der Waals surface area contributed by atoms with Gasteiger partial charge in [-0.15, -0.1) is 22.7 Å². The van der Waals surface area contributed by atoms with E-state index in [1.54, 1.807) is 11.3 Å². The molecule has 0 fully saturated rings. The third kappa shape index (κ3) is 3.71. The molecule has 0 aliphatic rings. The maximum Gasteiger partial charge on any atom is 0.260 e. The van der Waals surface area contributed by atoms with Crippen molar-refractivity contribution in [2.45, 2.75) is 19.5 Å². The molecule has 1 N–H and O–H groups in total. The minimum absolute atomic E-state index is 0.0231. The first-order valence-corrected chi connectivity index (χ1v) is 10.7. The minimum atomic E-state index is -0.0774. The van der Waals surface area contributed by atoms with Crippen molar-refractivity contribution < 1.29 is 0 Å². The lowest BCUT2D eigenvalue weighted by molar-refractivity contribution is 0.244. The van der Waals surface area contributed by atoms with E-state index in [9.17, 15) is 4.79 Å². The fraction of sp³-hybridized carbons (Fsp3) is 0.200. The third-order valence-electron chi connectivity index (χ3n) is 4.65. The summed E-state index contributed by atoms with van der Waals surface area (Å²) in [4.78, 5) is 24.6. The number of halogens is 1. The summed E-state index contributed by atoms with van der Waals surface area (Å²) in [5.74, 6) is 0.684. The molecular formula is C20H18ClN3OS2. The predicted molar refractivity (Wildman–Crippen MR) is 115 cm³/mol. The zero-order valence-corrected chi connectivity index (χ0v) is 17.3. The van der Waals surface area contributed by atoms with Crippen molar-refractivity contribution in [3.63, 3.8) is 0 Å². The van der Waals surface area contributed by atoms with Gasteiger partial charge in [-0.1, -0.05) is 29.8 Å². The first-order chi connectivity index (χ1) is 13.0. The number of benzene rings is 1. The topological polar surface area (TPSA) is 49.0 Å². The number of nitrogens with zero attached hydrogens (tertiary/aromatic N) is 2. The van der Waals surface area contributed by atoms with Crippen LogP contribution in [0.3, 0.4) is 0 Å². The lowest BCUT2D eigenvalue weighted by Gasteiger charge is -2.24. The van der Waals surface area contributed by atoms with Gasteiger partial charge >= 0.3 is 0 Å². The summed E-state index contributed by atoms with van der Waals surface area (Å²) in [7, 11) is 2.02. The Morgan fingerprint density at radius 1 is 1.22 bits per heavy atom. The molecule has 1 aromatic carbocycles. The van der Waals surface area contributed by atoms with Gasteiger partial charge in [0.1, 0.15) is 10.7 Å². The maximum absolute atomic E-state index is 12.8. The normalized spacial score (nSPS) is 12.7. The van der Waals surface area contributed by atoms with E-state index in [0.717, 1.165) is 32.4 Å². The number of hydrogen-bond acceptors (Lipinski definition) is 5. The molecule has 1 atom stereocenters. The van der Waals surface area contributed by atoms with Gasteiger partial charge in [-0.2, -0.15) is 0 Å². The monoisotopic (exact) mass is 415 g/mol. The molecule has 4 nitrogen and oxygen atoms in total. The van der Waals surface area contributed by atoms with Gasteiger partial charge in [0.15, 0.2) is 0 Å². The summed E-state index contributed by atoms with van der Waals surface area (Å²) < 4.78 is 0. The number of rotatable bonds is 5. The lowest BCUT2D eigenvalue weighted by atomic mass is 10.1. The highest BCUT2D eigenvalue weighted by Crippen LogP contribution is 2.34. The fourth-order valence-electron chi connectivity index (χ4n) is 3.00. The Morgan fingerprint density at radius 3 is 2.70 bits per heavy atom. The van der Waals surface area contributed by atoms with E-state index in [4.69, 9.17) is 16.6 Å². The van der Waals surface area contributed by atoms with Crippen LogP contribution in [0.1, 0.15) is 24.4 Å². The molecule has 138 valence electrons. The van der Waals surface area contributed by atoms with Crippen LogP contribution in [0.2, 0.25) is 5.02 Å². The van der Waals surface area contributed by atoms with E-state index >= 15 is 0 Å². The third-order valence-corrected chi connectivity index (χ3v) is 6.68. The lowest BCUT2D eigenvalue weighted by Crippen LogP contribution is -2.25. The molecule has 0 unspecified atom stereocenters. The standard InChI is InChI=1S/C20H18ClN3OS2/c1-12(24(2)10-13-5-7-14(21)8-6-13)18-22-19(25)17-15(11-27-20(17)23-18)16-4-3-9-26-16/h3-9,11-12H,10H2,1-2H3,(H,22,23,25)/t12-/m1/s1. The average Bonchev–Trinajstić information content (AvgIpc) is 3.32. The largest absolute Gasteiger partial charge is 0.309 e. The number of aromatic nitrogens is 2. The molecule has 0 saturated carbocycles. The van der Waals surface area contributed by atoms with Gasteiger partial charge in [-0.25, -0.2) is 4.98 Å². The number of H-pyrrole nitrogens is 1. The highest BCUT2D eigenvalue weighted by Gasteiger charge is 2.19. The van der Waals surface area contributed by atoms with Crippen molar-refractivity contribution in [1.82, 2.24) is 14.9 Å². The average molecular weight is 416 g/mol. The fourth-order valence-corrected chi connectivity index (χ4v) is 4.90. The molecule has 0 radical (unpaired) electrons. The molecule has 0 aliphatic heterocycles. The van der Waals surface area contributed by atoms with E-state index in [-0.39, 0.29) is 11.6 Å².